The van der Waals surface area contributed by atoms with Gasteiger partial charge in [-0.25, -0.2) is 0 Å². The van der Waals surface area contributed by atoms with Gasteiger partial charge in [0, 0.05) is 10.7 Å². The molecule has 0 fully saturated rings. The largest absolute Gasteiger partial charge is 0.494 e. The highest BCUT2D eigenvalue weighted by Gasteiger charge is 2.16. The molecule has 0 aliphatic heterocycles. The Morgan fingerprint density at radius 3 is 2.38 bits per heavy atom. The number of rotatable bonds is 8. The summed E-state index contributed by atoms with van der Waals surface area (Å²) in [6.07, 6.45) is 0.288. The molecule has 0 bridgehead atoms. The monoisotopic (exact) mass is 395 g/mol. The summed E-state index contributed by atoms with van der Waals surface area (Å²) in [5.41, 5.74) is 0.670. The lowest BCUT2D eigenvalue weighted by atomic mass is 10.1. The molecule has 0 heterocycles. The second-order valence-corrected chi connectivity index (χ2v) is 7.22. The van der Waals surface area contributed by atoms with Crippen LogP contribution in [0.15, 0.2) is 42.5 Å². The quantitative estimate of drug-likeness (QED) is 0.611. The third kappa shape index (κ3) is 6.43. The Balaban J connectivity index is 1.88. The molecule has 0 saturated carbocycles. The molecule has 2 aromatic carbocycles. The number of anilines is 1. The fraction of sp³-hybridized carbons (Fsp3) is 0.350. The van der Waals surface area contributed by atoms with Gasteiger partial charge < -0.3 is 14.8 Å². The Morgan fingerprint density at radius 2 is 1.77 bits per heavy atom. The van der Waals surface area contributed by atoms with E-state index in [0.29, 0.717) is 34.0 Å². The Hall–Kier alpha value is -1.91. The van der Waals surface area contributed by atoms with E-state index in [4.69, 9.17) is 32.7 Å². The average Bonchev–Trinajstić information content (AvgIpc) is 2.58. The third-order valence-corrected chi connectivity index (χ3v) is 4.18. The van der Waals surface area contributed by atoms with Crippen molar-refractivity contribution < 1.29 is 14.3 Å². The van der Waals surface area contributed by atoms with Gasteiger partial charge in [-0.3, -0.25) is 4.79 Å². The van der Waals surface area contributed by atoms with Crippen LogP contribution in [-0.2, 0) is 4.79 Å². The standard InChI is InChI=1S/C20H23Cl2NO3/c1-13(2)10-11-25-17-7-5-16(6-8-17)23-20(24)14(3)26-19-9-4-15(21)12-18(19)22/h4-9,12-14H,10-11H2,1-3H3,(H,23,24). The van der Waals surface area contributed by atoms with Crippen molar-refractivity contribution >= 4 is 34.8 Å². The molecule has 0 saturated heterocycles. The summed E-state index contributed by atoms with van der Waals surface area (Å²) in [7, 11) is 0. The summed E-state index contributed by atoms with van der Waals surface area (Å²) in [6.45, 7) is 6.64. The fourth-order valence-corrected chi connectivity index (χ4v) is 2.56. The first-order chi connectivity index (χ1) is 12.3. The Kier molecular flexibility index (Phi) is 7.61. The molecule has 1 N–H and O–H groups in total. The van der Waals surface area contributed by atoms with Crippen LogP contribution in [0.2, 0.25) is 10.0 Å². The molecule has 2 rings (SSSR count). The van der Waals surface area contributed by atoms with Crippen LogP contribution in [0.1, 0.15) is 27.2 Å². The van der Waals surface area contributed by atoms with Gasteiger partial charge in [0.1, 0.15) is 11.5 Å². The number of carbonyl (C=O) groups excluding carboxylic acids is 1. The second kappa shape index (κ2) is 9.70. The van der Waals surface area contributed by atoms with E-state index in [1.54, 1.807) is 37.3 Å². The van der Waals surface area contributed by atoms with E-state index < -0.39 is 6.10 Å². The van der Waals surface area contributed by atoms with E-state index >= 15 is 0 Å². The zero-order valence-electron chi connectivity index (χ0n) is 15.1. The zero-order valence-corrected chi connectivity index (χ0v) is 16.6. The molecule has 6 heteroatoms. The zero-order chi connectivity index (χ0) is 19.1. The van der Waals surface area contributed by atoms with E-state index in [9.17, 15) is 4.79 Å². The first kappa shape index (κ1) is 20.4. The second-order valence-electron chi connectivity index (χ2n) is 6.38. The molecule has 0 aromatic heterocycles. The number of nitrogens with one attached hydrogen (secondary N) is 1. The van der Waals surface area contributed by atoms with Crippen molar-refractivity contribution in [3.05, 3.63) is 52.5 Å². The minimum Gasteiger partial charge on any atom is -0.494 e. The lowest BCUT2D eigenvalue weighted by Gasteiger charge is -2.16. The predicted octanol–water partition coefficient (Wildman–Crippen LogP) is 5.82. The molecule has 140 valence electrons. The first-order valence-electron chi connectivity index (χ1n) is 8.50. The molecule has 0 radical (unpaired) electrons. The normalized spacial score (nSPS) is 11.9. The molecular formula is C20H23Cl2NO3. The Labute approximate surface area is 164 Å². The van der Waals surface area contributed by atoms with Gasteiger partial charge in [-0.1, -0.05) is 37.0 Å². The van der Waals surface area contributed by atoms with Crippen molar-refractivity contribution in [1.82, 2.24) is 0 Å². The molecule has 1 unspecified atom stereocenters. The topological polar surface area (TPSA) is 47.6 Å². The van der Waals surface area contributed by atoms with Gasteiger partial charge in [0.15, 0.2) is 6.10 Å². The van der Waals surface area contributed by atoms with Gasteiger partial charge in [0.05, 0.1) is 11.6 Å². The summed E-state index contributed by atoms with van der Waals surface area (Å²) < 4.78 is 11.3. The van der Waals surface area contributed by atoms with E-state index in [1.807, 2.05) is 12.1 Å². The van der Waals surface area contributed by atoms with Crippen molar-refractivity contribution in [2.45, 2.75) is 33.3 Å². The number of hydrogen-bond acceptors (Lipinski definition) is 3. The number of ether oxygens (including phenoxy) is 2. The van der Waals surface area contributed by atoms with Crippen LogP contribution < -0.4 is 14.8 Å². The number of carbonyl (C=O) groups is 1. The number of halogens is 2. The molecule has 0 aliphatic carbocycles. The van der Waals surface area contributed by atoms with Crippen LogP contribution in [0.25, 0.3) is 0 Å². The summed E-state index contributed by atoms with van der Waals surface area (Å²) >= 11 is 11.9. The highest BCUT2D eigenvalue weighted by atomic mass is 35.5. The van der Waals surface area contributed by atoms with Crippen molar-refractivity contribution in [1.29, 1.82) is 0 Å². The van der Waals surface area contributed by atoms with Crippen LogP contribution in [0.5, 0.6) is 11.5 Å². The first-order valence-corrected chi connectivity index (χ1v) is 9.26. The molecule has 2 aromatic rings. The van der Waals surface area contributed by atoms with Crippen molar-refractivity contribution in [3.8, 4) is 11.5 Å². The van der Waals surface area contributed by atoms with Crippen LogP contribution >= 0.6 is 23.2 Å². The summed E-state index contributed by atoms with van der Waals surface area (Å²) in [5.74, 6) is 1.52. The van der Waals surface area contributed by atoms with Crippen LogP contribution in [0, 0.1) is 5.92 Å². The molecule has 4 nitrogen and oxygen atoms in total. The van der Waals surface area contributed by atoms with Crippen LogP contribution in [0.3, 0.4) is 0 Å². The van der Waals surface area contributed by atoms with E-state index in [0.717, 1.165) is 12.2 Å². The summed E-state index contributed by atoms with van der Waals surface area (Å²) in [5, 5.41) is 3.68. The maximum absolute atomic E-state index is 12.3. The molecular weight excluding hydrogens is 373 g/mol. The minimum atomic E-state index is -0.712. The molecule has 0 spiro atoms. The van der Waals surface area contributed by atoms with Crippen molar-refractivity contribution in [3.63, 3.8) is 0 Å². The predicted molar refractivity (Wildman–Crippen MR) is 107 cm³/mol. The van der Waals surface area contributed by atoms with E-state index in [2.05, 4.69) is 19.2 Å². The van der Waals surface area contributed by atoms with Crippen LogP contribution in [0.4, 0.5) is 5.69 Å². The van der Waals surface area contributed by atoms with E-state index in [1.165, 1.54) is 0 Å². The van der Waals surface area contributed by atoms with Gasteiger partial charge in [-0.2, -0.15) is 0 Å². The number of amides is 1. The van der Waals surface area contributed by atoms with Gasteiger partial charge in [-0.15, -0.1) is 0 Å². The van der Waals surface area contributed by atoms with Gasteiger partial charge in [0.25, 0.3) is 5.91 Å². The highest BCUT2D eigenvalue weighted by molar-refractivity contribution is 6.35. The Morgan fingerprint density at radius 1 is 1.08 bits per heavy atom. The summed E-state index contributed by atoms with van der Waals surface area (Å²) in [6, 6.07) is 12.1. The Bertz CT molecular complexity index is 732. The number of hydrogen-bond donors (Lipinski definition) is 1. The lowest BCUT2D eigenvalue weighted by Crippen LogP contribution is -2.30. The van der Waals surface area contributed by atoms with Gasteiger partial charge >= 0.3 is 0 Å². The molecule has 26 heavy (non-hydrogen) atoms. The van der Waals surface area contributed by atoms with Crippen molar-refractivity contribution in [2.24, 2.45) is 5.92 Å². The smallest absolute Gasteiger partial charge is 0.265 e. The lowest BCUT2D eigenvalue weighted by molar-refractivity contribution is -0.122. The number of benzene rings is 2. The molecule has 1 atom stereocenters. The average molecular weight is 396 g/mol. The van der Waals surface area contributed by atoms with Gasteiger partial charge in [0.2, 0.25) is 0 Å². The highest BCUT2D eigenvalue weighted by Crippen LogP contribution is 2.28. The fourth-order valence-electron chi connectivity index (χ4n) is 2.11. The summed E-state index contributed by atoms with van der Waals surface area (Å²) in [4.78, 5) is 12.3. The maximum Gasteiger partial charge on any atom is 0.265 e. The van der Waals surface area contributed by atoms with Crippen molar-refractivity contribution in [2.75, 3.05) is 11.9 Å². The van der Waals surface area contributed by atoms with E-state index in [-0.39, 0.29) is 5.91 Å². The third-order valence-electron chi connectivity index (χ3n) is 3.65. The molecule has 0 aliphatic rings. The molecule has 1 amide bonds. The maximum atomic E-state index is 12.3. The van der Waals surface area contributed by atoms with Crippen LogP contribution in [-0.4, -0.2) is 18.6 Å². The SMILES string of the molecule is CC(C)CCOc1ccc(NC(=O)C(C)Oc2ccc(Cl)cc2Cl)cc1. The minimum absolute atomic E-state index is 0.274. The van der Waals surface area contributed by atoms with Gasteiger partial charge in [-0.05, 0) is 61.7 Å².